The Bertz CT molecular complexity index is 168. The number of rotatable bonds is 1. The predicted molar refractivity (Wildman–Crippen MR) is 31.8 cm³/mol. The molecular weight excluding hydrogens is 102 g/mol. The SMILES string of the molecule is CCc1cncn1N. The fourth-order valence-electron chi connectivity index (χ4n) is 0.606. The molecule has 0 aromatic carbocycles. The van der Waals surface area contributed by atoms with E-state index in [2.05, 4.69) is 4.98 Å². The van der Waals surface area contributed by atoms with Gasteiger partial charge in [0, 0.05) is 0 Å². The van der Waals surface area contributed by atoms with Gasteiger partial charge >= 0.3 is 0 Å². The first-order valence-electron chi connectivity index (χ1n) is 2.61. The average molecular weight is 111 g/mol. The molecule has 0 unspecified atom stereocenters. The van der Waals surface area contributed by atoms with E-state index in [1.165, 1.54) is 4.68 Å². The van der Waals surface area contributed by atoms with Gasteiger partial charge in [0.05, 0.1) is 11.9 Å². The minimum atomic E-state index is 0.941. The third-order valence-electron chi connectivity index (χ3n) is 1.11. The Labute approximate surface area is 48.1 Å². The highest BCUT2D eigenvalue weighted by atomic mass is 15.3. The van der Waals surface area contributed by atoms with Crippen LogP contribution < -0.4 is 5.84 Å². The topological polar surface area (TPSA) is 43.8 Å². The average Bonchev–Trinajstić information content (AvgIpc) is 2.14. The standard InChI is InChI=1S/C5H9N3/c1-2-5-3-7-4-8(5)6/h3-4H,2,6H2,1H3. The van der Waals surface area contributed by atoms with E-state index in [0.717, 1.165) is 12.1 Å². The summed E-state index contributed by atoms with van der Waals surface area (Å²) in [6.45, 7) is 2.04. The molecule has 3 nitrogen and oxygen atoms in total. The number of aryl methyl sites for hydroxylation is 1. The molecule has 2 N–H and O–H groups in total. The Hall–Kier alpha value is -0.990. The molecule has 1 aromatic rings. The van der Waals surface area contributed by atoms with Crippen molar-refractivity contribution in [2.24, 2.45) is 0 Å². The summed E-state index contributed by atoms with van der Waals surface area (Å²) in [5.41, 5.74) is 1.06. The van der Waals surface area contributed by atoms with E-state index in [1.807, 2.05) is 6.92 Å². The van der Waals surface area contributed by atoms with Gasteiger partial charge in [-0.25, -0.2) is 4.98 Å². The van der Waals surface area contributed by atoms with Gasteiger partial charge in [-0.05, 0) is 6.42 Å². The summed E-state index contributed by atoms with van der Waals surface area (Å²) in [5, 5.41) is 0. The number of nitrogen functional groups attached to an aromatic ring is 1. The zero-order valence-electron chi connectivity index (χ0n) is 4.83. The van der Waals surface area contributed by atoms with Crippen molar-refractivity contribution >= 4 is 0 Å². The second kappa shape index (κ2) is 1.86. The second-order valence-electron chi connectivity index (χ2n) is 1.65. The molecule has 0 saturated carbocycles. The minimum absolute atomic E-state index is 0.941. The summed E-state index contributed by atoms with van der Waals surface area (Å²) in [6, 6.07) is 0. The molecule has 0 spiro atoms. The summed E-state index contributed by atoms with van der Waals surface area (Å²) < 4.78 is 1.53. The molecule has 0 saturated heterocycles. The van der Waals surface area contributed by atoms with Crippen LogP contribution in [0.15, 0.2) is 12.5 Å². The largest absolute Gasteiger partial charge is 0.338 e. The van der Waals surface area contributed by atoms with Gasteiger partial charge in [0.25, 0.3) is 0 Å². The molecule has 0 amide bonds. The van der Waals surface area contributed by atoms with Crippen LogP contribution in [0.25, 0.3) is 0 Å². The van der Waals surface area contributed by atoms with Gasteiger partial charge in [0.1, 0.15) is 6.33 Å². The highest BCUT2D eigenvalue weighted by Gasteiger charge is 1.90. The molecule has 1 aromatic heterocycles. The molecule has 0 atom stereocenters. The molecule has 0 aliphatic rings. The van der Waals surface area contributed by atoms with E-state index in [4.69, 9.17) is 5.84 Å². The van der Waals surface area contributed by atoms with Gasteiger partial charge in [-0.1, -0.05) is 6.92 Å². The van der Waals surface area contributed by atoms with Crippen molar-refractivity contribution in [1.29, 1.82) is 0 Å². The molecule has 44 valence electrons. The van der Waals surface area contributed by atoms with Crippen LogP contribution in [0, 0.1) is 0 Å². The fourth-order valence-corrected chi connectivity index (χ4v) is 0.606. The van der Waals surface area contributed by atoms with Crippen LogP contribution in [0.1, 0.15) is 12.6 Å². The van der Waals surface area contributed by atoms with Crippen molar-refractivity contribution in [2.45, 2.75) is 13.3 Å². The van der Waals surface area contributed by atoms with Crippen molar-refractivity contribution in [3.63, 3.8) is 0 Å². The summed E-state index contributed by atoms with van der Waals surface area (Å²) in [7, 11) is 0. The number of imidazole rings is 1. The lowest BCUT2D eigenvalue weighted by atomic mass is 10.4. The van der Waals surface area contributed by atoms with E-state index in [-0.39, 0.29) is 0 Å². The van der Waals surface area contributed by atoms with Crippen molar-refractivity contribution in [3.05, 3.63) is 18.2 Å². The monoisotopic (exact) mass is 111 g/mol. The van der Waals surface area contributed by atoms with Crippen molar-refractivity contribution in [3.8, 4) is 0 Å². The molecule has 0 fully saturated rings. The third kappa shape index (κ3) is 0.665. The number of hydrogen-bond acceptors (Lipinski definition) is 2. The lowest BCUT2D eigenvalue weighted by Crippen LogP contribution is -2.09. The quantitative estimate of drug-likeness (QED) is 0.524. The molecule has 0 radical (unpaired) electrons. The van der Waals surface area contributed by atoms with Crippen LogP contribution in [0.2, 0.25) is 0 Å². The zero-order valence-corrected chi connectivity index (χ0v) is 4.83. The molecule has 0 aliphatic heterocycles. The van der Waals surface area contributed by atoms with E-state index in [1.54, 1.807) is 12.5 Å². The number of nitrogens with two attached hydrogens (primary N) is 1. The fraction of sp³-hybridized carbons (Fsp3) is 0.400. The van der Waals surface area contributed by atoms with Crippen LogP contribution in [0.4, 0.5) is 0 Å². The van der Waals surface area contributed by atoms with Gasteiger partial charge in [-0.3, -0.25) is 4.68 Å². The van der Waals surface area contributed by atoms with Gasteiger partial charge in [-0.15, -0.1) is 0 Å². The smallest absolute Gasteiger partial charge is 0.114 e. The van der Waals surface area contributed by atoms with Gasteiger partial charge < -0.3 is 5.84 Å². The Morgan fingerprint density at radius 3 is 2.88 bits per heavy atom. The zero-order chi connectivity index (χ0) is 5.98. The predicted octanol–water partition coefficient (Wildman–Crippen LogP) is 0.159. The maximum absolute atomic E-state index is 5.41. The number of aromatic nitrogens is 2. The van der Waals surface area contributed by atoms with Crippen molar-refractivity contribution in [1.82, 2.24) is 9.66 Å². The van der Waals surface area contributed by atoms with Crippen LogP contribution >= 0.6 is 0 Å². The van der Waals surface area contributed by atoms with E-state index in [9.17, 15) is 0 Å². The summed E-state index contributed by atoms with van der Waals surface area (Å²) in [4.78, 5) is 3.83. The van der Waals surface area contributed by atoms with E-state index in [0.29, 0.717) is 0 Å². The highest BCUT2D eigenvalue weighted by molar-refractivity contribution is 4.96. The number of nitrogens with zero attached hydrogens (tertiary/aromatic N) is 2. The van der Waals surface area contributed by atoms with Gasteiger partial charge in [0.15, 0.2) is 0 Å². The summed E-state index contributed by atoms with van der Waals surface area (Å²) in [6.07, 6.45) is 4.30. The second-order valence-corrected chi connectivity index (χ2v) is 1.65. The first kappa shape index (κ1) is 5.15. The summed E-state index contributed by atoms with van der Waals surface area (Å²) >= 11 is 0. The highest BCUT2D eigenvalue weighted by Crippen LogP contribution is 1.92. The lowest BCUT2D eigenvalue weighted by Gasteiger charge is -1.93. The third-order valence-corrected chi connectivity index (χ3v) is 1.11. The van der Waals surface area contributed by atoms with E-state index >= 15 is 0 Å². The first-order valence-corrected chi connectivity index (χ1v) is 2.61. The Kier molecular flexibility index (Phi) is 1.20. The normalized spacial score (nSPS) is 9.62. The molecular formula is C5H9N3. The number of hydrogen-bond donors (Lipinski definition) is 1. The Balaban J connectivity index is 2.92. The summed E-state index contributed by atoms with van der Waals surface area (Å²) in [5.74, 6) is 5.41. The van der Waals surface area contributed by atoms with Crippen LogP contribution in [-0.2, 0) is 6.42 Å². The molecule has 3 heteroatoms. The maximum Gasteiger partial charge on any atom is 0.114 e. The van der Waals surface area contributed by atoms with Gasteiger partial charge in [0.2, 0.25) is 0 Å². The van der Waals surface area contributed by atoms with Gasteiger partial charge in [-0.2, -0.15) is 0 Å². The minimum Gasteiger partial charge on any atom is -0.338 e. The Morgan fingerprint density at radius 2 is 2.62 bits per heavy atom. The molecule has 0 bridgehead atoms. The molecule has 0 aliphatic carbocycles. The van der Waals surface area contributed by atoms with Crippen LogP contribution in [0.3, 0.4) is 0 Å². The van der Waals surface area contributed by atoms with Crippen LogP contribution in [0.5, 0.6) is 0 Å². The first-order chi connectivity index (χ1) is 3.84. The van der Waals surface area contributed by atoms with Crippen molar-refractivity contribution in [2.75, 3.05) is 5.84 Å². The van der Waals surface area contributed by atoms with E-state index < -0.39 is 0 Å². The van der Waals surface area contributed by atoms with Crippen LogP contribution in [-0.4, -0.2) is 9.66 Å². The lowest BCUT2D eigenvalue weighted by molar-refractivity contribution is 0.894. The maximum atomic E-state index is 5.41. The molecule has 1 rings (SSSR count). The molecule has 1 heterocycles. The Morgan fingerprint density at radius 1 is 1.88 bits per heavy atom. The molecule has 8 heavy (non-hydrogen) atoms. The van der Waals surface area contributed by atoms with Crippen molar-refractivity contribution < 1.29 is 0 Å².